The molecule has 0 N–H and O–H groups in total. The number of nitro groups is 1. The van der Waals surface area contributed by atoms with Gasteiger partial charge in [-0.1, -0.05) is 15.9 Å². The Hall–Kier alpha value is -2.87. The first-order valence-corrected chi connectivity index (χ1v) is 8.01. The molecule has 7 nitrogen and oxygen atoms in total. The summed E-state index contributed by atoms with van der Waals surface area (Å²) in [6, 6.07) is 11.9. The number of aromatic nitrogens is 1. The van der Waals surface area contributed by atoms with Crippen molar-refractivity contribution in [2.24, 2.45) is 0 Å². The lowest BCUT2D eigenvalue weighted by atomic mass is 10.2. The van der Waals surface area contributed by atoms with E-state index in [1.165, 1.54) is 25.5 Å². The molecule has 1 heterocycles. The van der Waals surface area contributed by atoms with Crippen molar-refractivity contribution in [2.45, 2.75) is 6.61 Å². The van der Waals surface area contributed by atoms with Crippen molar-refractivity contribution in [2.75, 3.05) is 7.11 Å². The molecule has 3 rings (SSSR count). The second-order valence-electron chi connectivity index (χ2n) is 5.03. The highest BCUT2D eigenvalue weighted by atomic mass is 79.9. The van der Waals surface area contributed by atoms with Gasteiger partial charge in [0.15, 0.2) is 5.75 Å². The number of ether oxygens (including phenoxy) is 2. The molecule has 0 aliphatic heterocycles. The normalized spacial score (nSPS) is 10.5. The first-order valence-electron chi connectivity index (χ1n) is 7.22. The van der Waals surface area contributed by atoms with Gasteiger partial charge in [-0.05, 0) is 36.4 Å². The van der Waals surface area contributed by atoms with Crippen molar-refractivity contribution in [1.82, 2.24) is 4.98 Å². The van der Waals surface area contributed by atoms with E-state index in [-0.39, 0.29) is 18.0 Å². The summed E-state index contributed by atoms with van der Waals surface area (Å²) in [6.45, 7) is 0.0488. The van der Waals surface area contributed by atoms with Crippen molar-refractivity contribution >= 4 is 21.6 Å². The van der Waals surface area contributed by atoms with E-state index in [1.54, 1.807) is 6.07 Å². The van der Waals surface area contributed by atoms with Crippen LogP contribution in [0.15, 0.2) is 57.6 Å². The number of nitro benzene ring substituents is 1. The average molecular weight is 405 g/mol. The average Bonchev–Trinajstić information content (AvgIpc) is 3.09. The Morgan fingerprint density at radius 1 is 1.24 bits per heavy atom. The summed E-state index contributed by atoms with van der Waals surface area (Å²) in [5, 5.41) is 11.1. The van der Waals surface area contributed by atoms with E-state index in [0.29, 0.717) is 17.3 Å². The number of benzene rings is 2. The first kappa shape index (κ1) is 17.0. The van der Waals surface area contributed by atoms with Crippen LogP contribution in [0.3, 0.4) is 0 Å². The van der Waals surface area contributed by atoms with Crippen molar-refractivity contribution in [1.29, 1.82) is 0 Å². The summed E-state index contributed by atoms with van der Waals surface area (Å²) in [5.41, 5.74) is 1.18. The van der Waals surface area contributed by atoms with Crippen LogP contribution in [-0.4, -0.2) is 17.0 Å². The minimum atomic E-state index is -0.520. The zero-order valence-corrected chi connectivity index (χ0v) is 14.7. The van der Waals surface area contributed by atoms with E-state index < -0.39 is 4.92 Å². The topological polar surface area (TPSA) is 87.6 Å². The number of hydrogen-bond donors (Lipinski definition) is 0. The Bertz CT molecular complexity index is 892. The van der Waals surface area contributed by atoms with Gasteiger partial charge in [0.1, 0.15) is 24.3 Å². The minimum absolute atomic E-state index is 0.0488. The Morgan fingerprint density at radius 2 is 2.00 bits per heavy atom. The van der Waals surface area contributed by atoms with Gasteiger partial charge in [0.25, 0.3) is 0 Å². The molecular weight excluding hydrogens is 392 g/mol. The predicted molar refractivity (Wildman–Crippen MR) is 93.6 cm³/mol. The van der Waals surface area contributed by atoms with Crippen molar-refractivity contribution in [3.8, 4) is 23.0 Å². The maximum absolute atomic E-state index is 11.1. The summed E-state index contributed by atoms with van der Waals surface area (Å²) in [5.74, 6) is 0.979. The van der Waals surface area contributed by atoms with Crippen LogP contribution >= 0.6 is 15.9 Å². The molecule has 0 aliphatic rings. The highest BCUT2D eigenvalue weighted by Crippen LogP contribution is 2.31. The number of hydrogen-bond acceptors (Lipinski definition) is 6. The van der Waals surface area contributed by atoms with Gasteiger partial charge in [0.05, 0.1) is 18.1 Å². The van der Waals surface area contributed by atoms with Crippen LogP contribution in [-0.2, 0) is 6.61 Å². The minimum Gasteiger partial charge on any atom is -0.496 e. The standard InChI is InChI=1S/C17H13BrN2O5/c1-23-14-6-7-16(15(8-14)20(21)22)24-9-13-10-25-17(19-13)11-2-4-12(18)5-3-11/h2-8,10H,9H2,1H3. The molecule has 8 heteroatoms. The van der Waals surface area contributed by atoms with E-state index in [0.717, 1.165) is 10.0 Å². The molecule has 128 valence electrons. The molecular formula is C17H13BrN2O5. The van der Waals surface area contributed by atoms with E-state index >= 15 is 0 Å². The quantitative estimate of drug-likeness (QED) is 0.440. The third kappa shape index (κ3) is 3.97. The fourth-order valence-electron chi connectivity index (χ4n) is 2.14. The molecule has 25 heavy (non-hydrogen) atoms. The highest BCUT2D eigenvalue weighted by Gasteiger charge is 2.17. The molecule has 0 saturated heterocycles. The van der Waals surface area contributed by atoms with Gasteiger partial charge in [0.2, 0.25) is 5.89 Å². The van der Waals surface area contributed by atoms with Crippen LogP contribution in [0.2, 0.25) is 0 Å². The van der Waals surface area contributed by atoms with Crippen molar-refractivity contribution in [3.63, 3.8) is 0 Å². The van der Waals surface area contributed by atoms with Gasteiger partial charge < -0.3 is 13.9 Å². The highest BCUT2D eigenvalue weighted by molar-refractivity contribution is 9.10. The Labute approximate surface area is 151 Å². The van der Waals surface area contributed by atoms with Gasteiger partial charge in [0, 0.05) is 10.0 Å². The van der Waals surface area contributed by atoms with Gasteiger partial charge in [-0.2, -0.15) is 0 Å². The fraction of sp³-hybridized carbons (Fsp3) is 0.118. The smallest absolute Gasteiger partial charge is 0.314 e. The van der Waals surface area contributed by atoms with Crippen LogP contribution in [0, 0.1) is 10.1 Å². The fourth-order valence-corrected chi connectivity index (χ4v) is 2.40. The number of rotatable bonds is 6. The summed E-state index contributed by atoms with van der Waals surface area (Å²) >= 11 is 3.37. The molecule has 0 atom stereocenters. The van der Waals surface area contributed by atoms with Crippen LogP contribution in [0.1, 0.15) is 5.69 Å². The molecule has 0 amide bonds. The predicted octanol–water partition coefficient (Wildman–Crippen LogP) is 4.60. The molecule has 0 saturated carbocycles. The molecule has 0 bridgehead atoms. The van der Waals surface area contributed by atoms with Gasteiger partial charge in [-0.3, -0.25) is 10.1 Å². The summed E-state index contributed by atoms with van der Waals surface area (Å²) in [6.07, 6.45) is 1.47. The zero-order valence-electron chi connectivity index (χ0n) is 13.1. The van der Waals surface area contributed by atoms with Gasteiger partial charge in [-0.15, -0.1) is 0 Å². The first-order chi connectivity index (χ1) is 12.1. The molecule has 0 spiro atoms. The second kappa shape index (κ2) is 7.35. The largest absolute Gasteiger partial charge is 0.496 e. The maximum atomic E-state index is 11.1. The lowest BCUT2D eigenvalue weighted by Gasteiger charge is -2.06. The van der Waals surface area contributed by atoms with E-state index in [1.807, 2.05) is 24.3 Å². The molecule has 0 unspecified atom stereocenters. The molecule has 0 fully saturated rings. The third-order valence-corrected chi connectivity index (χ3v) is 3.91. The summed E-state index contributed by atoms with van der Waals surface area (Å²) < 4.78 is 16.9. The van der Waals surface area contributed by atoms with E-state index in [4.69, 9.17) is 13.9 Å². The molecule has 0 aliphatic carbocycles. The Kier molecular flexibility index (Phi) is 4.99. The van der Waals surface area contributed by atoms with E-state index in [9.17, 15) is 10.1 Å². The lowest BCUT2D eigenvalue weighted by molar-refractivity contribution is -0.386. The number of oxazole rings is 1. The molecule has 2 aromatic carbocycles. The molecule has 0 radical (unpaired) electrons. The Balaban J connectivity index is 1.74. The molecule has 1 aromatic heterocycles. The second-order valence-corrected chi connectivity index (χ2v) is 5.95. The number of methoxy groups -OCH3 is 1. The van der Waals surface area contributed by atoms with E-state index in [2.05, 4.69) is 20.9 Å². The zero-order chi connectivity index (χ0) is 17.8. The van der Waals surface area contributed by atoms with Crippen molar-refractivity contribution < 1.29 is 18.8 Å². The summed E-state index contributed by atoms with van der Waals surface area (Å²) in [7, 11) is 1.44. The Morgan fingerprint density at radius 3 is 2.68 bits per heavy atom. The maximum Gasteiger partial charge on any atom is 0.314 e. The van der Waals surface area contributed by atoms with Gasteiger partial charge >= 0.3 is 5.69 Å². The van der Waals surface area contributed by atoms with Gasteiger partial charge in [-0.25, -0.2) is 4.98 Å². The van der Waals surface area contributed by atoms with Crippen LogP contribution in [0.5, 0.6) is 11.5 Å². The van der Waals surface area contributed by atoms with Crippen LogP contribution in [0.4, 0.5) is 5.69 Å². The third-order valence-electron chi connectivity index (χ3n) is 3.38. The summed E-state index contributed by atoms with van der Waals surface area (Å²) in [4.78, 5) is 15.0. The monoisotopic (exact) mass is 404 g/mol. The molecule has 3 aromatic rings. The van der Waals surface area contributed by atoms with Crippen LogP contribution < -0.4 is 9.47 Å². The number of nitrogens with zero attached hydrogens (tertiary/aromatic N) is 2. The van der Waals surface area contributed by atoms with Crippen LogP contribution in [0.25, 0.3) is 11.5 Å². The lowest BCUT2D eigenvalue weighted by Crippen LogP contribution is -2.00. The number of halogens is 1. The van der Waals surface area contributed by atoms with Crippen molar-refractivity contribution in [3.05, 3.63) is 69.0 Å². The SMILES string of the molecule is COc1ccc(OCc2coc(-c3ccc(Br)cc3)n2)c([N+](=O)[O-])c1.